The van der Waals surface area contributed by atoms with Crippen LogP contribution >= 0.6 is 0 Å². The fraction of sp³-hybridized carbons (Fsp3) is 0. The standard InChI is InChI=1S/CH2O3.Ca.O2Si.2O.Ti/c2-1(3)4;;1-3-2;;;/h(H2,2,3,4);;;;;/q;+2;;2*-2;+4/p-2. The van der Waals surface area contributed by atoms with Gasteiger partial charge in [0.25, 0.3) is 0 Å². The summed E-state index contributed by atoms with van der Waals surface area (Å²) in [5.41, 5.74) is 0. The molecule has 0 unspecified atom stereocenters. The van der Waals surface area contributed by atoms with Gasteiger partial charge in [-0.05, 0) is 6.16 Å². The summed E-state index contributed by atoms with van der Waals surface area (Å²) >= 11 is 0. The topological polar surface area (TPSA) is 154 Å². The maximum absolute atomic E-state index is 8.40. The average Bonchev–Trinajstić information content (AvgIpc) is 1.33. The molecule has 0 atom stereocenters. The molecule has 0 N–H and O–H groups in total. The SMILES string of the molecule is O=C([O-])[O-].O=[Si]=O.[Ca+2].[O-2].[O-2].[Ti+4]. The molecule has 0 aromatic heterocycles. The number of carbonyl (C=O) groups excluding carboxylic acids is 1. The van der Waals surface area contributed by atoms with Crippen LogP contribution in [0.5, 0.6) is 0 Å². The molecule has 11 heavy (non-hydrogen) atoms. The van der Waals surface area contributed by atoms with Crippen molar-refractivity contribution in [2.24, 2.45) is 0 Å². The van der Waals surface area contributed by atoms with Crippen molar-refractivity contribution < 1.29 is 56.6 Å². The van der Waals surface area contributed by atoms with Crippen molar-refractivity contribution >= 4 is 53.2 Å². The predicted octanol–water partition coefficient (Wildman–Crippen LogP) is -3.69. The van der Waals surface area contributed by atoms with Crippen LogP contribution in [0.3, 0.4) is 0 Å². The quantitative estimate of drug-likeness (QED) is 0.398. The zero-order chi connectivity index (χ0) is 6.28. The number of carbonyl (C=O) groups is 1. The molecule has 0 fully saturated rings. The Kier molecular flexibility index (Phi) is 162. The largest absolute Gasteiger partial charge is 4.00 e. The summed E-state index contributed by atoms with van der Waals surface area (Å²) < 4.78 is 16.8. The van der Waals surface area contributed by atoms with Gasteiger partial charge < -0.3 is 26.0 Å². The van der Waals surface area contributed by atoms with Gasteiger partial charge in [-0.15, -0.1) is 0 Å². The van der Waals surface area contributed by atoms with E-state index < -0.39 is 15.4 Å². The molecule has 0 aliphatic heterocycles. The molecule has 0 radical (unpaired) electrons. The Balaban J connectivity index is -0.00000000848. The monoisotopic (exact) mass is 240 g/mol. The molecule has 0 aliphatic carbocycles. The number of hydrogen-bond acceptors (Lipinski definition) is 5. The molecular weight excluding hydrogens is 240 g/mol. The first-order valence-corrected chi connectivity index (χ1v) is 1.84. The summed E-state index contributed by atoms with van der Waals surface area (Å²) in [4.78, 5) is 8.33. The predicted molar refractivity (Wildman–Crippen MR) is 19.6 cm³/mol. The van der Waals surface area contributed by atoms with Gasteiger partial charge in [0, 0.05) is 0 Å². The summed E-state index contributed by atoms with van der Waals surface area (Å²) in [6.45, 7) is 0. The second kappa shape index (κ2) is 44.1. The van der Waals surface area contributed by atoms with E-state index in [4.69, 9.17) is 23.9 Å². The van der Waals surface area contributed by atoms with Crippen LogP contribution in [0.4, 0.5) is 4.79 Å². The van der Waals surface area contributed by atoms with Gasteiger partial charge >= 0.3 is 68.7 Å². The van der Waals surface area contributed by atoms with Crippen molar-refractivity contribution in [3.8, 4) is 0 Å². The smallest absolute Gasteiger partial charge is 2.00 e. The minimum atomic E-state index is -2.33. The van der Waals surface area contributed by atoms with E-state index in [2.05, 4.69) is 0 Å². The van der Waals surface area contributed by atoms with Crippen LogP contribution in [-0.2, 0) is 41.6 Å². The van der Waals surface area contributed by atoms with Crippen LogP contribution in [0.25, 0.3) is 0 Å². The fourth-order valence-electron chi connectivity index (χ4n) is 0. The molecule has 7 nitrogen and oxygen atoms in total. The van der Waals surface area contributed by atoms with E-state index in [-0.39, 0.29) is 70.4 Å². The first-order chi connectivity index (χ1) is 3.15. The zero-order valence-electron chi connectivity index (χ0n) is 5.06. The Bertz CT molecular complexity index is 86.4. The summed E-state index contributed by atoms with van der Waals surface area (Å²) in [6.07, 6.45) is -2.33. The number of carboxylic acid groups (broad SMARTS) is 2. The van der Waals surface area contributed by atoms with E-state index in [0.29, 0.717) is 0 Å². The summed E-state index contributed by atoms with van der Waals surface area (Å²) in [5.74, 6) is 0. The Morgan fingerprint density at radius 3 is 1.09 bits per heavy atom. The summed E-state index contributed by atoms with van der Waals surface area (Å²) in [7, 11) is -1.42. The third kappa shape index (κ3) is 920. The molecule has 0 aromatic carbocycles. The molecule has 10 heteroatoms. The molecule has 0 bridgehead atoms. The van der Waals surface area contributed by atoms with Crippen molar-refractivity contribution in [3.05, 3.63) is 0 Å². The van der Waals surface area contributed by atoms with E-state index in [1.54, 1.807) is 0 Å². The molecule has 0 saturated heterocycles. The van der Waals surface area contributed by atoms with Gasteiger partial charge in [-0.1, -0.05) is 0 Å². The maximum Gasteiger partial charge on any atom is 4.00 e. The number of hydrogen-bond donors (Lipinski definition) is 0. The van der Waals surface area contributed by atoms with Crippen LogP contribution in [-0.4, -0.2) is 53.2 Å². The second-order valence-electron chi connectivity index (χ2n) is 0.333. The third-order valence-corrected chi connectivity index (χ3v) is 0. The van der Waals surface area contributed by atoms with Gasteiger partial charge in [-0.25, -0.2) is 0 Å². The Labute approximate surface area is 109 Å². The van der Waals surface area contributed by atoms with E-state index in [1.807, 2.05) is 0 Å². The van der Waals surface area contributed by atoms with Gasteiger partial charge in [-0.2, -0.15) is 0 Å². The first kappa shape index (κ1) is 40.4. The van der Waals surface area contributed by atoms with Crippen LogP contribution in [0.15, 0.2) is 0 Å². The van der Waals surface area contributed by atoms with E-state index in [9.17, 15) is 0 Å². The fourth-order valence-corrected chi connectivity index (χ4v) is 0. The van der Waals surface area contributed by atoms with Crippen LogP contribution in [0, 0.1) is 0 Å². The molecule has 0 aromatic rings. The normalized spacial score (nSPS) is 2.91. The molecule has 0 aliphatic rings. The van der Waals surface area contributed by atoms with Gasteiger partial charge in [-0.3, -0.25) is 8.92 Å². The maximum atomic E-state index is 8.40. The molecule has 0 spiro atoms. The van der Waals surface area contributed by atoms with Gasteiger partial charge in [0.15, 0.2) is 0 Å². The van der Waals surface area contributed by atoms with E-state index >= 15 is 0 Å². The van der Waals surface area contributed by atoms with Gasteiger partial charge in [0.2, 0.25) is 0 Å². The minimum absolute atomic E-state index is 0. The van der Waals surface area contributed by atoms with E-state index in [0.717, 1.165) is 0 Å². The van der Waals surface area contributed by atoms with E-state index in [1.165, 1.54) is 0 Å². The first-order valence-electron chi connectivity index (χ1n) is 1.02. The number of rotatable bonds is 0. The molecular formula is CCaO7SiTi. The Morgan fingerprint density at radius 2 is 1.09 bits per heavy atom. The molecule has 0 amide bonds. The Morgan fingerprint density at radius 1 is 1.09 bits per heavy atom. The summed E-state index contributed by atoms with van der Waals surface area (Å²) in [6, 6.07) is 0. The zero-order valence-corrected chi connectivity index (χ0v) is 9.83. The van der Waals surface area contributed by atoms with Crippen LogP contribution in [0.1, 0.15) is 0 Å². The van der Waals surface area contributed by atoms with Crippen LogP contribution < -0.4 is 10.2 Å². The summed E-state index contributed by atoms with van der Waals surface area (Å²) in [5, 5.41) is 16.7. The molecule has 0 rings (SSSR count). The minimum Gasteiger partial charge on any atom is -2.00 e. The molecule has 0 heterocycles. The Hall–Kier alpha value is 0.981. The van der Waals surface area contributed by atoms with Crippen LogP contribution in [0.2, 0.25) is 0 Å². The van der Waals surface area contributed by atoms with Crippen molar-refractivity contribution in [2.45, 2.75) is 0 Å². The van der Waals surface area contributed by atoms with Crippen molar-refractivity contribution in [1.82, 2.24) is 0 Å². The second-order valence-corrected chi connectivity index (χ2v) is 0.500. The third-order valence-electron chi connectivity index (χ3n) is 0. The van der Waals surface area contributed by atoms with Gasteiger partial charge in [0.1, 0.15) is 0 Å². The van der Waals surface area contributed by atoms with Crippen molar-refractivity contribution in [1.29, 1.82) is 0 Å². The average molecular weight is 240 g/mol. The molecule has 0 saturated carbocycles. The molecule has 56 valence electrons. The van der Waals surface area contributed by atoms with Crippen molar-refractivity contribution in [2.75, 3.05) is 0 Å². The van der Waals surface area contributed by atoms with Gasteiger partial charge in [0.05, 0.1) is 0 Å². The van der Waals surface area contributed by atoms with Crippen molar-refractivity contribution in [3.63, 3.8) is 0 Å².